The highest BCUT2D eigenvalue weighted by molar-refractivity contribution is 9.10. The van der Waals surface area contributed by atoms with Gasteiger partial charge < -0.3 is 10.3 Å². The number of benzene rings is 2. The molecule has 0 aliphatic rings. The summed E-state index contributed by atoms with van der Waals surface area (Å²) in [6.07, 6.45) is 0. The second kappa shape index (κ2) is 5.04. The Hall–Kier alpha value is -1.65. The minimum Gasteiger partial charge on any atom is -0.327 e. The zero-order chi connectivity index (χ0) is 14.3. The van der Waals surface area contributed by atoms with Crippen LogP contribution in [0.5, 0.6) is 0 Å². The van der Waals surface area contributed by atoms with Gasteiger partial charge in [0.1, 0.15) is 5.82 Å². The fourth-order valence-electron chi connectivity index (χ4n) is 2.49. The molecule has 0 amide bonds. The average molecular weight is 330 g/mol. The van der Waals surface area contributed by atoms with Crippen molar-refractivity contribution < 1.29 is 0 Å². The maximum Gasteiger partial charge on any atom is 0.142 e. The van der Waals surface area contributed by atoms with E-state index in [9.17, 15) is 0 Å². The highest BCUT2D eigenvalue weighted by Crippen LogP contribution is 2.31. The maximum absolute atomic E-state index is 5.81. The van der Waals surface area contributed by atoms with Crippen LogP contribution < -0.4 is 5.73 Å². The molecule has 2 aromatic carbocycles. The Bertz CT molecular complexity index is 790. The Kier molecular flexibility index (Phi) is 3.36. The molecule has 20 heavy (non-hydrogen) atoms. The predicted molar refractivity (Wildman–Crippen MR) is 86.5 cm³/mol. The van der Waals surface area contributed by atoms with Gasteiger partial charge in [0.25, 0.3) is 0 Å². The number of nitrogens with zero attached hydrogens (tertiary/aromatic N) is 2. The van der Waals surface area contributed by atoms with Crippen LogP contribution in [0.2, 0.25) is 0 Å². The van der Waals surface area contributed by atoms with Crippen LogP contribution in [0.3, 0.4) is 0 Å². The standard InChI is InChI=1S/C16H16BrN3/c1-10-6-7-13(17)12(8-10)16-19-15-11(9-18)4-3-5-14(15)20(16)2/h3-8H,9,18H2,1-2H3. The summed E-state index contributed by atoms with van der Waals surface area (Å²) in [6.45, 7) is 2.59. The third-order valence-corrected chi connectivity index (χ3v) is 4.27. The van der Waals surface area contributed by atoms with Gasteiger partial charge in [0.15, 0.2) is 0 Å². The third-order valence-electron chi connectivity index (χ3n) is 3.58. The number of halogens is 1. The minimum absolute atomic E-state index is 0.503. The molecular weight excluding hydrogens is 314 g/mol. The van der Waals surface area contributed by atoms with Crippen LogP contribution in [0.1, 0.15) is 11.1 Å². The summed E-state index contributed by atoms with van der Waals surface area (Å²) in [5, 5.41) is 0. The first-order valence-corrected chi connectivity index (χ1v) is 7.32. The summed E-state index contributed by atoms with van der Waals surface area (Å²) in [6, 6.07) is 12.4. The van der Waals surface area contributed by atoms with E-state index < -0.39 is 0 Å². The zero-order valence-corrected chi connectivity index (χ0v) is 13.1. The monoisotopic (exact) mass is 329 g/mol. The fraction of sp³-hybridized carbons (Fsp3) is 0.188. The van der Waals surface area contributed by atoms with Gasteiger partial charge in [0, 0.05) is 23.6 Å². The molecular formula is C16H16BrN3. The van der Waals surface area contributed by atoms with E-state index in [1.165, 1.54) is 5.56 Å². The number of aryl methyl sites for hydroxylation is 2. The molecule has 0 radical (unpaired) electrons. The highest BCUT2D eigenvalue weighted by Gasteiger charge is 2.14. The summed E-state index contributed by atoms with van der Waals surface area (Å²) in [5.74, 6) is 0.955. The van der Waals surface area contributed by atoms with Crippen molar-refractivity contribution in [2.45, 2.75) is 13.5 Å². The molecule has 3 rings (SSSR count). The number of fused-ring (bicyclic) bond motifs is 1. The number of aromatic nitrogens is 2. The van der Waals surface area contributed by atoms with Crippen molar-refractivity contribution in [2.75, 3.05) is 0 Å². The van der Waals surface area contributed by atoms with Crippen molar-refractivity contribution in [3.63, 3.8) is 0 Å². The van der Waals surface area contributed by atoms with E-state index in [2.05, 4.69) is 51.7 Å². The Labute approximate surface area is 126 Å². The van der Waals surface area contributed by atoms with Crippen LogP contribution in [0.4, 0.5) is 0 Å². The van der Waals surface area contributed by atoms with Crippen LogP contribution in [0.25, 0.3) is 22.4 Å². The van der Waals surface area contributed by atoms with E-state index in [1.807, 2.05) is 19.2 Å². The molecule has 0 saturated carbocycles. The summed E-state index contributed by atoms with van der Waals surface area (Å²) in [7, 11) is 2.04. The van der Waals surface area contributed by atoms with Crippen LogP contribution >= 0.6 is 15.9 Å². The summed E-state index contributed by atoms with van der Waals surface area (Å²) >= 11 is 3.62. The maximum atomic E-state index is 5.81. The molecule has 0 aliphatic carbocycles. The number of imidazole rings is 1. The van der Waals surface area contributed by atoms with Crippen LogP contribution in [0, 0.1) is 6.92 Å². The zero-order valence-electron chi connectivity index (χ0n) is 11.5. The van der Waals surface area contributed by atoms with E-state index >= 15 is 0 Å². The largest absolute Gasteiger partial charge is 0.327 e. The smallest absolute Gasteiger partial charge is 0.142 e. The molecule has 0 spiro atoms. The molecule has 1 aromatic heterocycles. The molecule has 4 heteroatoms. The van der Waals surface area contributed by atoms with Crippen molar-refractivity contribution in [3.8, 4) is 11.4 Å². The van der Waals surface area contributed by atoms with E-state index in [-0.39, 0.29) is 0 Å². The quantitative estimate of drug-likeness (QED) is 0.777. The highest BCUT2D eigenvalue weighted by atomic mass is 79.9. The second-order valence-electron chi connectivity index (χ2n) is 4.97. The first-order chi connectivity index (χ1) is 9.61. The van der Waals surface area contributed by atoms with Gasteiger partial charge in [0.2, 0.25) is 0 Å². The molecule has 3 nitrogen and oxygen atoms in total. The lowest BCUT2D eigenvalue weighted by Crippen LogP contribution is -1.97. The number of hydrogen-bond acceptors (Lipinski definition) is 2. The Morgan fingerprint density at radius 3 is 2.80 bits per heavy atom. The van der Waals surface area contributed by atoms with Crippen molar-refractivity contribution in [2.24, 2.45) is 12.8 Å². The first-order valence-electron chi connectivity index (χ1n) is 6.52. The lowest BCUT2D eigenvalue weighted by Gasteiger charge is -2.06. The number of hydrogen-bond donors (Lipinski definition) is 1. The normalized spacial score (nSPS) is 11.2. The molecule has 0 atom stereocenters. The van der Waals surface area contributed by atoms with Gasteiger partial charge in [-0.05, 0) is 30.7 Å². The topological polar surface area (TPSA) is 43.8 Å². The SMILES string of the molecule is Cc1ccc(Br)c(-c2nc3c(CN)cccc3n2C)c1. The number of nitrogens with two attached hydrogens (primary N) is 1. The van der Waals surface area contributed by atoms with Crippen LogP contribution in [0.15, 0.2) is 40.9 Å². The molecule has 1 heterocycles. The summed E-state index contributed by atoms with van der Waals surface area (Å²) < 4.78 is 3.17. The van der Waals surface area contributed by atoms with Crippen molar-refractivity contribution in [1.29, 1.82) is 0 Å². The van der Waals surface area contributed by atoms with Crippen molar-refractivity contribution in [3.05, 3.63) is 52.0 Å². The van der Waals surface area contributed by atoms with Crippen LogP contribution in [-0.2, 0) is 13.6 Å². The minimum atomic E-state index is 0.503. The van der Waals surface area contributed by atoms with Gasteiger partial charge in [-0.3, -0.25) is 0 Å². The molecule has 102 valence electrons. The molecule has 0 aliphatic heterocycles. The Morgan fingerprint density at radius 2 is 2.05 bits per heavy atom. The average Bonchev–Trinajstić information content (AvgIpc) is 2.79. The van der Waals surface area contributed by atoms with Crippen molar-refractivity contribution >= 4 is 27.0 Å². The van der Waals surface area contributed by atoms with Gasteiger partial charge in [0.05, 0.1) is 11.0 Å². The third kappa shape index (κ3) is 2.05. The molecule has 0 saturated heterocycles. The molecule has 0 bridgehead atoms. The van der Waals surface area contributed by atoms with Crippen molar-refractivity contribution in [1.82, 2.24) is 9.55 Å². The van der Waals surface area contributed by atoms with Crippen LogP contribution in [-0.4, -0.2) is 9.55 Å². The molecule has 2 N–H and O–H groups in total. The second-order valence-corrected chi connectivity index (χ2v) is 5.82. The van der Waals surface area contributed by atoms with E-state index in [0.29, 0.717) is 6.54 Å². The molecule has 0 unspecified atom stereocenters. The number of rotatable bonds is 2. The summed E-state index contributed by atoms with van der Waals surface area (Å²) in [5.41, 5.74) is 11.3. The molecule has 0 fully saturated rings. The Morgan fingerprint density at radius 1 is 1.25 bits per heavy atom. The lowest BCUT2D eigenvalue weighted by molar-refractivity contribution is 0.958. The molecule has 3 aromatic rings. The van der Waals surface area contributed by atoms with Gasteiger partial charge in [-0.2, -0.15) is 0 Å². The number of para-hydroxylation sites is 1. The van der Waals surface area contributed by atoms with Gasteiger partial charge in [-0.1, -0.05) is 39.7 Å². The van der Waals surface area contributed by atoms with Gasteiger partial charge in [-0.25, -0.2) is 4.98 Å². The van der Waals surface area contributed by atoms with E-state index in [4.69, 9.17) is 10.7 Å². The van der Waals surface area contributed by atoms with Gasteiger partial charge >= 0.3 is 0 Å². The van der Waals surface area contributed by atoms with Gasteiger partial charge in [-0.15, -0.1) is 0 Å². The lowest BCUT2D eigenvalue weighted by atomic mass is 10.1. The predicted octanol–water partition coefficient (Wildman–Crippen LogP) is 3.77. The fourth-order valence-corrected chi connectivity index (χ4v) is 2.91. The Balaban J connectivity index is 2.32. The first kappa shape index (κ1) is 13.3. The van der Waals surface area contributed by atoms with E-state index in [1.54, 1.807) is 0 Å². The summed E-state index contributed by atoms with van der Waals surface area (Å²) in [4.78, 5) is 4.81. The van der Waals surface area contributed by atoms with E-state index in [0.717, 1.165) is 32.5 Å².